The van der Waals surface area contributed by atoms with Crippen molar-refractivity contribution in [1.29, 1.82) is 0 Å². The monoisotopic (exact) mass is 531 g/mol. The molecule has 0 spiro atoms. The molecule has 1 aliphatic heterocycles. The van der Waals surface area contributed by atoms with Gasteiger partial charge in [-0.3, -0.25) is 4.84 Å². The first-order chi connectivity index (χ1) is 17.0. The molecule has 1 saturated heterocycles. The van der Waals surface area contributed by atoms with Crippen molar-refractivity contribution in [3.8, 4) is 5.75 Å². The fourth-order valence-corrected chi connectivity index (χ4v) is 4.60. The highest BCUT2D eigenvalue weighted by Gasteiger charge is 2.30. The first kappa shape index (κ1) is 28.0. The summed E-state index contributed by atoms with van der Waals surface area (Å²) in [6, 6.07) is 14.4. The summed E-state index contributed by atoms with van der Waals surface area (Å²) in [7, 11) is 0. The Labute approximate surface area is 225 Å². The van der Waals surface area contributed by atoms with Gasteiger partial charge in [-0.05, 0) is 55.8 Å². The van der Waals surface area contributed by atoms with Crippen molar-refractivity contribution in [3.63, 3.8) is 0 Å². The summed E-state index contributed by atoms with van der Waals surface area (Å²) < 4.78 is 6.12. The smallest absolute Gasteiger partial charge is 0.229 e. The molecule has 0 saturated carbocycles. The van der Waals surface area contributed by atoms with Crippen LogP contribution >= 0.6 is 24.0 Å². The zero-order valence-electron chi connectivity index (χ0n) is 21.3. The number of halogens is 2. The number of aromatic nitrogens is 2. The van der Waals surface area contributed by atoms with Crippen LogP contribution in [-0.4, -0.2) is 47.7 Å². The molecule has 2 heterocycles. The first-order valence-electron chi connectivity index (χ1n) is 12.2. The summed E-state index contributed by atoms with van der Waals surface area (Å²) in [5.41, 5.74) is 4.19. The van der Waals surface area contributed by atoms with Gasteiger partial charge in [-0.25, -0.2) is 10.0 Å². The predicted octanol–water partition coefficient (Wildman–Crippen LogP) is 6.52. The Bertz CT molecular complexity index is 1110. The molecule has 0 unspecified atom stereocenters. The van der Waals surface area contributed by atoms with E-state index in [0.29, 0.717) is 30.0 Å². The Balaban J connectivity index is 0.00000361. The van der Waals surface area contributed by atoms with Crippen molar-refractivity contribution in [2.45, 2.75) is 40.2 Å². The number of hydrogen-bond donors (Lipinski definition) is 1. The number of anilines is 3. The number of nitrogens with zero attached hydrogens (tertiary/aromatic N) is 4. The van der Waals surface area contributed by atoms with Gasteiger partial charge in [0.2, 0.25) is 5.95 Å². The zero-order chi connectivity index (χ0) is 24.8. The number of hydrogen-bond acceptors (Lipinski definition) is 7. The van der Waals surface area contributed by atoms with Gasteiger partial charge in [0.15, 0.2) is 5.82 Å². The molecule has 1 fully saturated rings. The standard InChI is InChI=1S/C27H34ClN5O2.ClH/c1-5-32(6-2)13-15-34-25-19(3)16-22(17-20(25)4)30-27-29-18-23(28)26(31-27)33-24(12-14-35-33)21-10-8-7-9-11-21;/h7-11,16-18,24H,5-6,12-15H2,1-4H3,(H,29,30,31);1H/t24-;/m0./s1. The number of rotatable bonds is 10. The third-order valence-corrected chi connectivity index (χ3v) is 6.55. The molecule has 4 rings (SSSR count). The van der Waals surface area contributed by atoms with E-state index in [1.54, 1.807) is 11.3 Å². The van der Waals surface area contributed by atoms with Crippen LogP contribution in [-0.2, 0) is 4.84 Å². The van der Waals surface area contributed by atoms with E-state index in [1.165, 1.54) is 0 Å². The summed E-state index contributed by atoms with van der Waals surface area (Å²) in [6.07, 6.45) is 2.47. The average Bonchev–Trinajstić information content (AvgIpc) is 3.35. The normalized spacial score (nSPS) is 15.2. The van der Waals surface area contributed by atoms with Crippen LogP contribution in [0.25, 0.3) is 0 Å². The molecule has 3 aromatic rings. The van der Waals surface area contributed by atoms with E-state index in [1.807, 2.05) is 18.2 Å². The molecule has 7 nitrogen and oxygen atoms in total. The van der Waals surface area contributed by atoms with E-state index in [0.717, 1.165) is 54.2 Å². The zero-order valence-corrected chi connectivity index (χ0v) is 22.9. The van der Waals surface area contributed by atoms with Crippen LogP contribution in [0.3, 0.4) is 0 Å². The second-order valence-corrected chi connectivity index (χ2v) is 9.09. The highest BCUT2D eigenvalue weighted by atomic mass is 35.5. The molecule has 194 valence electrons. The van der Waals surface area contributed by atoms with E-state index in [9.17, 15) is 0 Å². The number of hydroxylamine groups is 1. The van der Waals surface area contributed by atoms with Crippen molar-refractivity contribution in [1.82, 2.24) is 14.9 Å². The van der Waals surface area contributed by atoms with Crippen LogP contribution in [0.1, 0.15) is 43.0 Å². The summed E-state index contributed by atoms with van der Waals surface area (Å²) in [5, 5.41) is 5.57. The maximum absolute atomic E-state index is 6.50. The fourth-order valence-electron chi connectivity index (χ4n) is 4.42. The largest absolute Gasteiger partial charge is 0.492 e. The third kappa shape index (κ3) is 6.59. The molecule has 0 bridgehead atoms. The molecular weight excluding hydrogens is 497 g/mol. The van der Waals surface area contributed by atoms with E-state index in [2.05, 4.69) is 67.2 Å². The van der Waals surface area contributed by atoms with Gasteiger partial charge in [0.25, 0.3) is 0 Å². The van der Waals surface area contributed by atoms with Gasteiger partial charge >= 0.3 is 0 Å². The molecular formula is C27H35Cl2N5O2. The fraction of sp³-hybridized carbons (Fsp3) is 0.407. The minimum Gasteiger partial charge on any atom is -0.492 e. The lowest BCUT2D eigenvalue weighted by Crippen LogP contribution is -2.28. The van der Waals surface area contributed by atoms with E-state index in [4.69, 9.17) is 26.2 Å². The van der Waals surface area contributed by atoms with Gasteiger partial charge in [-0.15, -0.1) is 12.4 Å². The first-order valence-corrected chi connectivity index (χ1v) is 12.6. The topological polar surface area (TPSA) is 62.8 Å². The number of likely N-dealkylation sites (N-methyl/N-ethyl adjacent to an activating group) is 1. The molecule has 0 amide bonds. The number of ether oxygens (including phenoxy) is 1. The van der Waals surface area contributed by atoms with Crippen LogP contribution in [0.2, 0.25) is 5.02 Å². The molecule has 1 aliphatic rings. The molecule has 1 N–H and O–H groups in total. The maximum atomic E-state index is 6.50. The van der Waals surface area contributed by atoms with Crippen molar-refractivity contribution in [3.05, 3.63) is 70.4 Å². The predicted molar refractivity (Wildman–Crippen MR) is 149 cm³/mol. The average molecular weight is 533 g/mol. The van der Waals surface area contributed by atoms with Gasteiger partial charge < -0.3 is 15.0 Å². The van der Waals surface area contributed by atoms with Gasteiger partial charge in [0.1, 0.15) is 17.4 Å². The van der Waals surface area contributed by atoms with Crippen LogP contribution in [0, 0.1) is 13.8 Å². The van der Waals surface area contributed by atoms with Crippen molar-refractivity contribution in [2.75, 3.05) is 43.2 Å². The minimum atomic E-state index is 0. The van der Waals surface area contributed by atoms with Crippen molar-refractivity contribution < 1.29 is 9.57 Å². The third-order valence-electron chi connectivity index (χ3n) is 6.29. The summed E-state index contributed by atoms with van der Waals surface area (Å²) >= 11 is 6.50. The lowest BCUT2D eigenvalue weighted by atomic mass is 10.0. The molecule has 0 radical (unpaired) electrons. The Kier molecular flexibility index (Phi) is 10.2. The Morgan fingerprint density at radius 1 is 1.14 bits per heavy atom. The van der Waals surface area contributed by atoms with Crippen molar-refractivity contribution in [2.24, 2.45) is 0 Å². The Hall–Kier alpha value is -2.58. The second-order valence-electron chi connectivity index (χ2n) is 8.68. The molecule has 1 atom stereocenters. The number of benzene rings is 2. The van der Waals surface area contributed by atoms with Gasteiger partial charge in [0, 0.05) is 18.7 Å². The highest BCUT2D eigenvalue weighted by Crippen LogP contribution is 2.37. The minimum absolute atomic E-state index is 0. The lowest BCUT2D eigenvalue weighted by Gasteiger charge is -2.24. The van der Waals surface area contributed by atoms with E-state index in [-0.39, 0.29) is 18.4 Å². The number of nitrogens with one attached hydrogen (secondary N) is 1. The highest BCUT2D eigenvalue weighted by molar-refractivity contribution is 6.32. The van der Waals surface area contributed by atoms with E-state index >= 15 is 0 Å². The van der Waals surface area contributed by atoms with Gasteiger partial charge in [-0.2, -0.15) is 4.98 Å². The molecule has 36 heavy (non-hydrogen) atoms. The molecule has 9 heteroatoms. The van der Waals surface area contributed by atoms with Gasteiger partial charge in [0.05, 0.1) is 18.8 Å². The maximum Gasteiger partial charge on any atom is 0.229 e. The SMILES string of the molecule is CCN(CC)CCOc1c(C)cc(Nc2ncc(Cl)c(N3OCC[C@H]3c3ccccc3)n2)cc1C.Cl. The van der Waals surface area contributed by atoms with Gasteiger partial charge in [-0.1, -0.05) is 55.8 Å². The molecule has 0 aliphatic carbocycles. The number of aryl methyl sites for hydroxylation is 2. The lowest BCUT2D eigenvalue weighted by molar-refractivity contribution is 0.157. The van der Waals surface area contributed by atoms with Crippen LogP contribution in [0.4, 0.5) is 17.5 Å². The van der Waals surface area contributed by atoms with E-state index < -0.39 is 0 Å². The van der Waals surface area contributed by atoms with Crippen LogP contribution in [0.5, 0.6) is 5.75 Å². The summed E-state index contributed by atoms with van der Waals surface area (Å²) in [6.45, 7) is 12.7. The second kappa shape index (κ2) is 13.1. The summed E-state index contributed by atoms with van der Waals surface area (Å²) in [4.78, 5) is 17.4. The van der Waals surface area contributed by atoms with Crippen LogP contribution in [0.15, 0.2) is 48.7 Å². The Morgan fingerprint density at radius 3 is 2.50 bits per heavy atom. The summed E-state index contributed by atoms with van der Waals surface area (Å²) in [5.74, 6) is 1.94. The molecule has 1 aromatic heterocycles. The van der Waals surface area contributed by atoms with Crippen molar-refractivity contribution >= 4 is 41.5 Å². The van der Waals surface area contributed by atoms with Crippen LogP contribution < -0.4 is 15.1 Å². The Morgan fingerprint density at radius 2 is 1.83 bits per heavy atom. The molecule has 2 aromatic carbocycles. The quantitative estimate of drug-likeness (QED) is 0.319.